The molecule has 0 aliphatic carbocycles. The Hall–Kier alpha value is -1.30. The molecular weight excluding hydrogens is 409 g/mol. The van der Waals surface area contributed by atoms with Gasteiger partial charge in [0.25, 0.3) is 0 Å². The molecule has 0 aliphatic heterocycles. The van der Waals surface area contributed by atoms with Crippen LogP contribution in [-0.2, 0) is 13.2 Å². The quantitative estimate of drug-likeness (QED) is 0.636. The van der Waals surface area contributed by atoms with E-state index in [9.17, 15) is 4.39 Å². The average molecular weight is 431 g/mol. The van der Waals surface area contributed by atoms with E-state index in [-0.39, 0.29) is 18.0 Å². The Balaban J connectivity index is 2.17. The Bertz CT molecular complexity index is 747. The van der Waals surface area contributed by atoms with Gasteiger partial charge in [-0.05, 0) is 66.5 Å². The molecule has 1 N–H and O–H groups in total. The van der Waals surface area contributed by atoms with Crippen molar-refractivity contribution in [2.24, 2.45) is 0 Å². The summed E-state index contributed by atoms with van der Waals surface area (Å²) in [5.74, 6) is 0.837. The second-order valence-electron chi connectivity index (χ2n) is 6.74. The van der Waals surface area contributed by atoms with Gasteiger partial charge in [0.15, 0.2) is 11.5 Å². The van der Waals surface area contributed by atoms with Gasteiger partial charge in [-0.3, -0.25) is 0 Å². The first-order valence-corrected chi connectivity index (χ1v) is 9.05. The zero-order chi connectivity index (χ0) is 18.6. The van der Waals surface area contributed by atoms with E-state index >= 15 is 0 Å². The molecule has 6 heteroatoms. The molecule has 2 aromatic rings. The van der Waals surface area contributed by atoms with Crippen LogP contribution in [0, 0.1) is 5.82 Å². The zero-order valence-corrected chi connectivity index (χ0v) is 17.1. The van der Waals surface area contributed by atoms with Gasteiger partial charge < -0.3 is 14.8 Å². The maximum atomic E-state index is 13.1. The third-order valence-corrected chi connectivity index (χ3v) is 4.44. The second kappa shape index (κ2) is 8.39. The van der Waals surface area contributed by atoms with Crippen molar-refractivity contribution in [1.29, 1.82) is 0 Å². The van der Waals surface area contributed by atoms with E-state index in [1.807, 2.05) is 12.1 Å². The van der Waals surface area contributed by atoms with Crippen LogP contribution in [0.15, 0.2) is 34.8 Å². The van der Waals surface area contributed by atoms with Crippen LogP contribution in [0.25, 0.3) is 0 Å². The van der Waals surface area contributed by atoms with Crippen LogP contribution >= 0.6 is 27.5 Å². The number of hydrogen-bond donors (Lipinski definition) is 1. The molecule has 0 atom stereocenters. The minimum Gasteiger partial charge on any atom is -0.493 e. The summed E-state index contributed by atoms with van der Waals surface area (Å²) in [6.45, 7) is 7.27. The standard InChI is InChI=1S/C19H22BrClFNO2/c1-19(2,3)23-10-12-7-15(20)18(17(8-12)24-4)25-11-13-5-6-14(22)9-16(13)21/h5-9,23H,10-11H2,1-4H3. The summed E-state index contributed by atoms with van der Waals surface area (Å²) in [5, 5.41) is 3.77. The lowest BCUT2D eigenvalue weighted by Gasteiger charge is -2.21. The highest BCUT2D eigenvalue weighted by molar-refractivity contribution is 9.10. The van der Waals surface area contributed by atoms with Crippen LogP contribution in [0.1, 0.15) is 31.9 Å². The van der Waals surface area contributed by atoms with E-state index in [0.29, 0.717) is 28.6 Å². The third kappa shape index (κ3) is 5.87. The van der Waals surface area contributed by atoms with Gasteiger partial charge in [-0.1, -0.05) is 17.7 Å². The molecular formula is C19H22BrClFNO2. The topological polar surface area (TPSA) is 30.5 Å². The summed E-state index contributed by atoms with van der Waals surface area (Å²) in [5.41, 5.74) is 1.80. The molecule has 0 saturated heterocycles. The van der Waals surface area contributed by atoms with Crippen molar-refractivity contribution in [3.05, 3.63) is 56.8 Å². The van der Waals surface area contributed by atoms with Gasteiger partial charge in [0, 0.05) is 17.6 Å². The van der Waals surface area contributed by atoms with E-state index in [2.05, 4.69) is 42.0 Å². The van der Waals surface area contributed by atoms with Gasteiger partial charge in [-0.15, -0.1) is 0 Å². The summed E-state index contributed by atoms with van der Waals surface area (Å²) in [6.07, 6.45) is 0. The Morgan fingerprint density at radius 1 is 1.20 bits per heavy atom. The lowest BCUT2D eigenvalue weighted by Crippen LogP contribution is -2.35. The van der Waals surface area contributed by atoms with Gasteiger partial charge in [0.1, 0.15) is 12.4 Å². The van der Waals surface area contributed by atoms with Gasteiger partial charge in [0.05, 0.1) is 16.6 Å². The molecule has 0 unspecified atom stereocenters. The van der Waals surface area contributed by atoms with Crippen LogP contribution in [-0.4, -0.2) is 12.6 Å². The predicted octanol–water partition coefficient (Wildman–Crippen LogP) is 5.72. The first kappa shape index (κ1) is 20.0. The largest absolute Gasteiger partial charge is 0.493 e. The lowest BCUT2D eigenvalue weighted by molar-refractivity contribution is 0.282. The number of halogens is 3. The average Bonchev–Trinajstić information content (AvgIpc) is 2.52. The summed E-state index contributed by atoms with van der Waals surface area (Å²) in [7, 11) is 1.60. The summed E-state index contributed by atoms with van der Waals surface area (Å²) in [6, 6.07) is 8.17. The molecule has 0 saturated carbocycles. The van der Waals surface area contributed by atoms with Crippen molar-refractivity contribution in [2.45, 2.75) is 39.5 Å². The molecule has 0 aromatic heterocycles. The zero-order valence-electron chi connectivity index (χ0n) is 14.8. The molecule has 0 spiro atoms. The molecule has 0 aliphatic rings. The van der Waals surface area contributed by atoms with E-state index in [4.69, 9.17) is 21.1 Å². The van der Waals surface area contributed by atoms with Crippen molar-refractivity contribution in [2.75, 3.05) is 7.11 Å². The Morgan fingerprint density at radius 2 is 1.92 bits per heavy atom. The van der Waals surface area contributed by atoms with Crippen molar-refractivity contribution in [3.8, 4) is 11.5 Å². The number of hydrogen-bond acceptors (Lipinski definition) is 3. The van der Waals surface area contributed by atoms with Gasteiger partial charge in [-0.2, -0.15) is 0 Å². The maximum absolute atomic E-state index is 13.1. The summed E-state index contributed by atoms with van der Waals surface area (Å²) >= 11 is 9.58. The van der Waals surface area contributed by atoms with E-state index < -0.39 is 0 Å². The fourth-order valence-electron chi connectivity index (χ4n) is 2.17. The normalized spacial score (nSPS) is 11.5. The first-order chi connectivity index (χ1) is 11.7. The number of rotatable bonds is 6. The predicted molar refractivity (Wildman–Crippen MR) is 103 cm³/mol. The fourth-order valence-corrected chi connectivity index (χ4v) is 3.00. The van der Waals surface area contributed by atoms with Crippen molar-refractivity contribution >= 4 is 27.5 Å². The number of benzene rings is 2. The van der Waals surface area contributed by atoms with Crippen LogP contribution in [0.5, 0.6) is 11.5 Å². The third-order valence-electron chi connectivity index (χ3n) is 3.50. The molecule has 0 fully saturated rings. The minimum absolute atomic E-state index is 0.0220. The van der Waals surface area contributed by atoms with Crippen LogP contribution in [0.3, 0.4) is 0 Å². The molecule has 2 rings (SSSR count). The smallest absolute Gasteiger partial charge is 0.175 e. The molecule has 2 aromatic carbocycles. The molecule has 136 valence electrons. The lowest BCUT2D eigenvalue weighted by atomic mass is 10.1. The fraction of sp³-hybridized carbons (Fsp3) is 0.368. The van der Waals surface area contributed by atoms with E-state index in [1.165, 1.54) is 12.1 Å². The number of nitrogens with one attached hydrogen (secondary N) is 1. The van der Waals surface area contributed by atoms with Crippen LogP contribution in [0.2, 0.25) is 5.02 Å². The van der Waals surface area contributed by atoms with E-state index in [0.717, 1.165) is 10.0 Å². The molecule has 0 radical (unpaired) electrons. The highest BCUT2D eigenvalue weighted by Gasteiger charge is 2.15. The Labute approximate surface area is 161 Å². The summed E-state index contributed by atoms with van der Waals surface area (Å²) in [4.78, 5) is 0. The van der Waals surface area contributed by atoms with Crippen molar-refractivity contribution < 1.29 is 13.9 Å². The molecule has 0 heterocycles. The Morgan fingerprint density at radius 3 is 2.52 bits per heavy atom. The van der Waals surface area contributed by atoms with Gasteiger partial charge in [-0.25, -0.2) is 4.39 Å². The monoisotopic (exact) mass is 429 g/mol. The summed E-state index contributed by atoms with van der Waals surface area (Å²) < 4.78 is 25.3. The minimum atomic E-state index is -0.372. The Kier molecular flexibility index (Phi) is 6.72. The molecule has 0 amide bonds. The second-order valence-corrected chi connectivity index (χ2v) is 8.00. The van der Waals surface area contributed by atoms with Crippen LogP contribution in [0.4, 0.5) is 4.39 Å². The van der Waals surface area contributed by atoms with E-state index in [1.54, 1.807) is 13.2 Å². The first-order valence-electron chi connectivity index (χ1n) is 7.88. The van der Waals surface area contributed by atoms with Crippen LogP contribution < -0.4 is 14.8 Å². The molecule has 25 heavy (non-hydrogen) atoms. The maximum Gasteiger partial charge on any atom is 0.175 e. The van der Waals surface area contributed by atoms with Crippen molar-refractivity contribution in [1.82, 2.24) is 5.32 Å². The molecule has 3 nitrogen and oxygen atoms in total. The number of methoxy groups -OCH3 is 1. The van der Waals surface area contributed by atoms with Gasteiger partial charge in [0.2, 0.25) is 0 Å². The SMILES string of the molecule is COc1cc(CNC(C)(C)C)cc(Br)c1OCc1ccc(F)cc1Cl. The number of ether oxygens (including phenoxy) is 2. The highest BCUT2D eigenvalue weighted by atomic mass is 79.9. The van der Waals surface area contributed by atoms with Gasteiger partial charge >= 0.3 is 0 Å². The molecule has 0 bridgehead atoms. The highest BCUT2D eigenvalue weighted by Crippen LogP contribution is 2.37. The van der Waals surface area contributed by atoms with Crippen molar-refractivity contribution in [3.63, 3.8) is 0 Å².